The predicted molar refractivity (Wildman–Crippen MR) is 158 cm³/mol. The van der Waals surface area contributed by atoms with Gasteiger partial charge in [-0.1, -0.05) is 39.3 Å². The van der Waals surface area contributed by atoms with Gasteiger partial charge in [-0.2, -0.15) is 0 Å². The molecule has 214 valence electrons. The normalized spacial score (nSPS) is 17.9. The Kier molecular flexibility index (Phi) is 8.25. The van der Waals surface area contributed by atoms with Crippen LogP contribution in [0.4, 0.5) is 10.1 Å². The first-order chi connectivity index (χ1) is 19.5. The van der Waals surface area contributed by atoms with Gasteiger partial charge in [0.1, 0.15) is 5.82 Å². The number of carbonyl (C=O) groups is 1. The maximum Gasteiger partial charge on any atom is 0.262 e. The average molecular weight is 642 g/mol. The molecule has 2 heterocycles. The zero-order chi connectivity index (χ0) is 29.3. The summed E-state index contributed by atoms with van der Waals surface area (Å²) in [6, 6.07) is 17.4. The molecule has 1 saturated heterocycles. The number of para-hydroxylation sites is 1. The first kappa shape index (κ1) is 28.9. The predicted octanol–water partition coefficient (Wildman–Crippen LogP) is 5.01. The van der Waals surface area contributed by atoms with Gasteiger partial charge in [0, 0.05) is 41.8 Å². The van der Waals surface area contributed by atoms with Gasteiger partial charge >= 0.3 is 0 Å². The Morgan fingerprint density at radius 2 is 1.78 bits per heavy atom. The number of nitrogens with one attached hydrogen (secondary N) is 1. The Morgan fingerprint density at radius 3 is 2.49 bits per heavy atom. The molecule has 0 unspecified atom stereocenters. The van der Waals surface area contributed by atoms with Gasteiger partial charge in [0.15, 0.2) is 0 Å². The Labute approximate surface area is 247 Å². The van der Waals surface area contributed by atoms with Gasteiger partial charge in [-0.15, -0.1) is 5.10 Å². The summed E-state index contributed by atoms with van der Waals surface area (Å²) in [5.74, 6) is -0.947. The van der Waals surface area contributed by atoms with Crippen molar-refractivity contribution in [1.82, 2.24) is 24.8 Å². The number of sulfonamides is 1. The molecule has 0 radical (unpaired) electrons. The number of carbonyl (C=O) groups excluding carboxylic acids is 1. The summed E-state index contributed by atoms with van der Waals surface area (Å²) in [5.41, 5.74) is 2.94. The maximum atomic E-state index is 14.0. The second-order valence-corrected chi connectivity index (χ2v) is 12.9. The van der Waals surface area contributed by atoms with E-state index in [1.165, 1.54) is 42.5 Å². The first-order valence-corrected chi connectivity index (χ1v) is 15.4. The number of amides is 1. The highest BCUT2D eigenvalue weighted by Crippen LogP contribution is 2.24. The minimum absolute atomic E-state index is 0.0237. The Hall–Kier alpha value is -3.61. The van der Waals surface area contributed by atoms with Crippen molar-refractivity contribution in [2.24, 2.45) is 0 Å². The van der Waals surface area contributed by atoms with Gasteiger partial charge in [-0.25, -0.2) is 17.5 Å². The molecule has 1 aliphatic rings. The molecule has 0 aliphatic carbocycles. The number of rotatable bonds is 7. The molecule has 4 aromatic rings. The summed E-state index contributed by atoms with van der Waals surface area (Å²) < 4.78 is 44.9. The fourth-order valence-electron chi connectivity index (χ4n) is 5.09. The van der Waals surface area contributed by atoms with Crippen molar-refractivity contribution in [3.8, 4) is 5.69 Å². The van der Waals surface area contributed by atoms with Crippen LogP contribution in [-0.2, 0) is 16.6 Å². The number of aryl methyl sites for hydroxylation is 1. The number of hydrogen-bond acceptors (Lipinski definition) is 6. The van der Waals surface area contributed by atoms with Crippen LogP contribution in [0.25, 0.3) is 5.69 Å². The van der Waals surface area contributed by atoms with Gasteiger partial charge in [0.2, 0.25) is 0 Å². The minimum Gasteiger partial charge on any atom is -0.336 e. The van der Waals surface area contributed by atoms with Crippen molar-refractivity contribution in [1.29, 1.82) is 0 Å². The number of anilines is 1. The Morgan fingerprint density at radius 1 is 1.05 bits per heavy atom. The van der Waals surface area contributed by atoms with Crippen LogP contribution in [0.2, 0.25) is 0 Å². The molecule has 1 aromatic heterocycles. The summed E-state index contributed by atoms with van der Waals surface area (Å²) in [6.07, 6.45) is 1.92. The van der Waals surface area contributed by atoms with E-state index >= 15 is 0 Å². The molecular weight excluding hydrogens is 611 g/mol. The highest BCUT2D eigenvalue weighted by atomic mass is 79.9. The quantitative estimate of drug-likeness (QED) is 0.305. The number of piperazine rings is 1. The number of benzene rings is 3. The lowest BCUT2D eigenvalue weighted by atomic mass is 10.1. The van der Waals surface area contributed by atoms with Gasteiger partial charge in [0.05, 0.1) is 28.2 Å². The molecular formula is C29H30BrFN6O3S. The molecule has 1 fully saturated rings. The number of nitrogens with zero attached hydrogens (tertiary/aromatic N) is 5. The van der Waals surface area contributed by atoms with Gasteiger partial charge < -0.3 is 4.90 Å². The van der Waals surface area contributed by atoms with Crippen molar-refractivity contribution < 1.29 is 17.6 Å². The number of aromatic nitrogens is 3. The van der Waals surface area contributed by atoms with Gasteiger partial charge in [-0.05, 0) is 74.9 Å². The van der Waals surface area contributed by atoms with E-state index in [4.69, 9.17) is 0 Å². The fourth-order valence-corrected chi connectivity index (χ4v) is 6.80. The van der Waals surface area contributed by atoms with Crippen LogP contribution in [0.5, 0.6) is 0 Å². The van der Waals surface area contributed by atoms with Gasteiger partial charge in [0.25, 0.3) is 15.9 Å². The van der Waals surface area contributed by atoms with E-state index in [0.717, 1.165) is 21.4 Å². The van der Waals surface area contributed by atoms with E-state index in [1.807, 2.05) is 31.3 Å². The summed E-state index contributed by atoms with van der Waals surface area (Å²) in [6.45, 7) is 7.63. The zero-order valence-electron chi connectivity index (χ0n) is 22.8. The van der Waals surface area contributed by atoms with Crippen LogP contribution in [-0.4, -0.2) is 64.3 Å². The summed E-state index contributed by atoms with van der Waals surface area (Å²) >= 11 is 3.53. The summed E-state index contributed by atoms with van der Waals surface area (Å²) in [5, 5.41) is 8.68. The van der Waals surface area contributed by atoms with E-state index in [-0.39, 0.29) is 34.1 Å². The molecule has 1 amide bonds. The third-order valence-corrected chi connectivity index (χ3v) is 8.90. The van der Waals surface area contributed by atoms with Crippen LogP contribution in [0, 0.1) is 12.7 Å². The first-order valence-electron chi connectivity index (χ1n) is 13.1. The minimum atomic E-state index is -4.10. The molecule has 5 rings (SSSR count). The molecule has 9 nitrogen and oxygen atoms in total. The molecule has 1 aliphatic heterocycles. The second-order valence-electron chi connectivity index (χ2n) is 10.3. The third-order valence-electron chi connectivity index (χ3n) is 7.08. The monoisotopic (exact) mass is 640 g/mol. The van der Waals surface area contributed by atoms with Crippen LogP contribution in [0.3, 0.4) is 0 Å². The fraction of sp³-hybridized carbons (Fsp3) is 0.276. The van der Waals surface area contributed by atoms with E-state index in [1.54, 1.807) is 15.6 Å². The smallest absolute Gasteiger partial charge is 0.262 e. The summed E-state index contributed by atoms with van der Waals surface area (Å²) in [4.78, 5) is 17.4. The third kappa shape index (κ3) is 6.50. The van der Waals surface area contributed by atoms with Crippen LogP contribution >= 0.6 is 15.9 Å². The lowest BCUT2D eigenvalue weighted by Crippen LogP contribution is -2.57. The van der Waals surface area contributed by atoms with Crippen molar-refractivity contribution in [2.75, 3.05) is 17.8 Å². The van der Waals surface area contributed by atoms with E-state index in [0.29, 0.717) is 19.6 Å². The molecule has 2 atom stereocenters. The van der Waals surface area contributed by atoms with E-state index in [2.05, 4.69) is 49.7 Å². The average Bonchev–Trinajstić information content (AvgIpc) is 3.40. The Balaban J connectivity index is 1.27. The second kappa shape index (κ2) is 11.7. The molecule has 12 heteroatoms. The van der Waals surface area contributed by atoms with Crippen molar-refractivity contribution >= 4 is 37.5 Å². The van der Waals surface area contributed by atoms with Crippen LogP contribution in [0.15, 0.2) is 82.3 Å². The summed E-state index contributed by atoms with van der Waals surface area (Å²) in [7, 11) is -4.10. The Bertz CT molecular complexity index is 1660. The SMILES string of the molecule is Cc1cc(Br)cc(-n2cc(CN3[C@H](C)CN(C(=O)c4cccc(S(=O)(=O)Nc5ccccc5F)c4)C[C@@H]3C)nn2)c1. The molecule has 3 aromatic carbocycles. The molecule has 41 heavy (non-hydrogen) atoms. The van der Waals surface area contributed by atoms with Crippen LogP contribution in [0.1, 0.15) is 35.5 Å². The lowest BCUT2D eigenvalue weighted by molar-refractivity contribution is 0.0264. The maximum absolute atomic E-state index is 14.0. The van der Waals surface area contributed by atoms with Crippen molar-refractivity contribution in [3.63, 3.8) is 0 Å². The topological polar surface area (TPSA) is 100 Å². The van der Waals surface area contributed by atoms with Crippen molar-refractivity contribution in [3.05, 3.63) is 100 Å². The molecule has 0 saturated carbocycles. The van der Waals surface area contributed by atoms with Gasteiger partial charge in [-0.3, -0.25) is 14.4 Å². The highest BCUT2D eigenvalue weighted by molar-refractivity contribution is 9.10. The van der Waals surface area contributed by atoms with Crippen LogP contribution < -0.4 is 4.72 Å². The number of halogens is 2. The number of hydrogen-bond donors (Lipinski definition) is 1. The largest absolute Gasteiger partial charge is 0.336 e. The molecule has 0 spiro atoms. The standard InChI is InChI=1S/C29H30BrFN6O3S/c1-19-11-23(30)14-25(12-19)37-18-24(32-34-37)17-36-20(2)15-35(16-21(36)3)29(38)22-7-6-8-26(13-22)41(39,40)33-28-10-5-4-9-27(28)31/h4-14,18,20-21,33H,15-17H2,1-3H3/t20-,21+. The van der Waals surface area contributed by atoms with Crippen molar-refractivity contribution in [2.45, 2.75) is 44.3 Å². The van der Waals surface area contributed by atoms with E-state index in [9.17, 15) is 17.6 Å². The highest BCUT2D eigenvalue weighted by Gasteiger charge is 2.33. The van der Waals surface area contributed by atoms with E-state index < -0.39 is 15.8 Å². The molecule has 1 N–H and O–H groups in total. The zero-order valence-corrected chi connectivity index (χ0v) is 25.2. The lowest BCUT2D eigenvalue weighted by Gasteiger charge is -2.44. The molecule has 0 bridgehead atoms.